The molecule has 0 spiro atoms. The monoisotopic (exact) mass is 424 g/mol. The van der Waals surface area contributed by atoms with E-state index in [2.05, 4.69) is 15.5 Å². The minimum atomic E-state index is -0.714. The van der Waals surface area contributed by atoms with E-state index in [1.807, 2.05) is 0 Å². The molecule has 1 aliphatic heterocycles. The molecule has 2 heterocycles. The second kappa shape index (κ2) is 8.34. The van der Waals surface area contributed by atoms with Gasteiger partial charge < -0.3 is 15.2 Å². The van der Waals surface area contributed by atoms with Crippen molar-refractivity contribution in [3.05, 3.63) is 57.9 Å². The molecule has 0 atom stereocenters. The third kappa shape index (κ3) is 4.50. The smallest absolute Gasteiger partial charge is 0.294 e. The molecule has 0 saturated heterocycles. The zero-order valence-corrected chi connectivity index (χ0v) is 18.1. The van der Waals surface area contributed by atoms with Gasteiger partial charge in [0.25, 0.3) is 17.6 Å². The molecule has 3 rings (SSSR count). The molecule has 0 radical (unpaired) electrons. The molecule has 0 unspecified atom stereocenters. The lowest BCUT2D eigenvalue weighted by atomic mass is 10.0. The van der Waals surface area contributed by atoms with E-state index in [0.29, 0.717) is 29.8 Å². The van der Waals surface area contributed by atoms with Gasteiger partial charge in [-0.05, 0) is 70.7 Å². The van der Waals surface area contributed by atoms with Crippen molar-refractivity contribution in [2.45, 2.75) is 59.0 Å². The third-order valence-electron chi connectivity index (χ3n) is 5.12. The third-order valence-corrected chi connectivity index (χ3v) is 5.12. The van der Waals surface area contributed by atoms with Crippen LogP contribution in [-0.2, 0) is 17.8 Å². The Labute approximate surface area is 180 Å². The lowest BCUT2D eigenvalue weighted by Crippen LogP contribution is -2.44. The van der Waals surface area contributed by atoms with Crippen LogP contribution in [-0.4, -0.2) is 27.7 Å². The van der Waals surface area contributed by atoms with Gasteiger partial charge in [0.1, 0.15) is 5.82 Å². The van der Waals surface area contributed by atoms with Gasteiger partial charge in [-0.25, -0.2) is 9.24 Å². The number of carbonyl (C=O) groups excluding carboxylic acids is 3. The van der Waals surface area contributed by atoms with Gasteiger partial charge in [-0.2, -0.15) is 0 Å². The molecule has 2 aromatic rings. The fourth-order valence-electron chi connectivity index (χ4n) is 3.85. The first-order valence-electron chi connectivity index (χ1n) is 10.1. The number of anilines is 1. The number of ketones is 1. The van der Waals surface area contributed by atoms with Crippen molar-refractivity contribution in [1.82, 2.24) is 9.88 Å². The maximum Gasteiger partial charge on any atom is 0.294 e. The molecule has 31 heavy (non-hydrogen) atoms. The van der Waals surface area contributed by atoms with Crippen molar-refractivity contribution < 1.29 is 18.8 Å². The SMILES string of the molecule is [C-]#[N+]c1cc(NC(=O)c2c(C)c(C(=O)C(=O)NC(C)(C)C)n3c2CCCC3)ccc1F. The van der Waals surface area contributed by atoms with Crippen molar-refractivity contribution in [3.63, 3.8) is 0 Å². The number of nitrogens with zero attached hydrogens (tertiary/aromatic N) is 2. The average Bonchev–Trinajstić information content (AvgIpc) is 2.99. The number of amides is 2. The number of hydrogen-bond donors (Lipinski definition) is 2. The van der Waals surface area contributed by atoms with Crippen molar-refractivity contribution in [2.75, 3.05) is 5.32 Å². The van der Waals surface area contributed by atoms with Crippen molar-refractivity contribution in [1.29, 1.82) is 0 Å². The molecule has 1 aliphatic rings. The summed E-state index contributed by atoms with van der Waals surface area (Å²) in [4.78, 5) is 41.7. The van der Waals surface area contributed by atoms with Crippen LogP contribution in [0, 0.1) is 19.3 Å². The van der Waals surface area contributed by atoms with Gasteiger partial charge in [0.15, 0.2) is 0 Å². The minimum absolute atomic E-state index is 0.192. The fourth-order valence-corrected chi connectivity index (χ4v) is 3.85. The Morgan fingerprint density at radius 3 is 2.55 bits per heavy atom. The second-order valence-corrected chi connectivity index (χ2v) is 8.67. The van der Waals surface area contributed by atoms with Gasteiger partial charge >= 0.3 is 0 Å². The highest BCUT2D eigenvalue weighted by molar-refractivity contribution is 6.43. The molecular weight excluding hydrogens is 399 g/mol. The van der Waals surface area contributed by atoms with Crippen molar-refractivity contribution >= 4 is 29.0 Å². The van der Waals surface area contributed by atoms with Gasteiger partial charge in [0.2, 0.25) is 5.69 Å². The Kier molecular flexibility index (Phi) is 5.98. The summed E-state index contributed by atoms with van der Waals surface area (Å²) < 4.78 is 15.4. The molecule has 2 N–H and O–H groups in total. The lowest BCUT2D eigenvalue weighted by Gasteiger charge is -2.21. The van der Waals surface area contributed by atoms with Gasteiger partial charge in [-0.15, -0.1) is 0 Å². The summed E-state index contributed by atoms with van der Waals surface area (Å²) in [5.74, 6) is -2.51. The van der Waals surface area contributed by atoms with Gasteiger partial charge in [-0.1, -0.05) is 0 Å². The predicted octanol–water partition coefficient (Wildman–Crippen LogP) is 4.17. The van der Waals surface area contributed by atoms with E-state index >= 15 is 0 Å². The van der Waals surface area contributed by atoms with E-state index in [-0.39, 0.29) is 17.1 Å². The molecule has 1 aromatic heterocycles. The number of hydrogen-bond acceptors (Lipinski definition) is 3. The standard InChI is InChI=1S/C23H25FN4O3/c1-13-18(21(30)26-14-9-10-15(24)16(12-14)25-5)17-8-6-7-11-28(17)19(13)20(29)22(31)27-23(2,3)4/h9-10,12H,6-8,11H2,1-4H3,(H,26,30)(H,27,31). The second-order valence-electron chi connectivity index (χ2n) is 8.67. The van der Waals surface area contributed by atoms with Crippen LogP contribution in [0.5, 0.6) is 0 Å². The number of carbonyl (C=O) groups is 3. The van der Waals surface area contributed by atoms with Crippen molar-refractivity contribution in [3.8, 4) is 0 Å². The largest absolute Gasteiger partial charge is 0.345 e. The van der Waals surface area contributed by atoms with Gasteiger partial charge in [0, 0.05) is 23.5 Å². The van der Waals surface area contributed by atoms with Crippen LogP contribution in [0.3, 0.4) is 0 Å². The van der Waals surface area contributed by atoms with Crippen LogP contribution in [0.4, 0.5) is 15.8 Å². The highest BCUT2D eigenvalue weighted by Gasteiger charge is 2.33. The Balaban J connectivity index is 2.00. The zero-order valence-electron chi connectivity index (χ0n) is 18.1. The van der Waals surface area contributed by atoms with Crippen LogP contribution in [0.25, 0.3) is 4.85 Å². The number of Topliss-reactive ketones (excluding diaryl/α,β-unsaturated/α-hetero) is 1. The zero-order chi connectivity index (χ0) is 22.9. The molecule has 2 amide bonds. The number of benzene rings is 1. The quantitative estimate of drug-likeness (QED) is 0.439. The number of rotatable bonds is 4. The summed E-state index contributed by atoms with van der Waals surface area (Å²) in [5, 5.41) is 5.38. The Morgan fingerprint density at radius 2 is 1.90 bits per heavy atom. The molecule has 0 saturated carbocycles. The molecule has 7 nitrogen and oxygen atoms in total. The summed E-state index contributed by atoms with van der Waals surface area (Å²) in [6.07, 6.45) is 2.31. The predicted molar refractivity (Wildman–Crippen MR) is 115 cm³/mol. The lowest BCUT2D eigenvalue weighted by molar-refractivity contribution is -0.118. The van der Waals surface area contributed by atoms with E-state index < -0.39 is 29.0 Å². The molecule has 162 valence electrons. The molecule has 8 heteroatoms. The van der Waals surface area contributed by atoms with E-state index in [1.165, 1.54) is 12.1 Å². The van der Waals surface area contributed by atoms with Crippen LogP contribution in [0.15, 0.2) is 18.2 Å². The number of fused-ring (bicyclic) bond motifs is 1. The maximum absolute atomic E-state index is 13.6. The summed E-state index contributed by atoms with van der Waals surface area (Å²) in [7, 11) is 0. The highest BCUT2D eigenvalue weighted by atomic mass is 19.1. The molecular formula is C23H25FN4O3. The number of halogens is 1. The summed E-state index contributed by atoms with van der Waals surface area (Å²) in [6.45, 7) is 14.6. The molecule has 0 bridgehead atoms. The van der Waals surface area contributed by atoms with Crippen LogP contribution in [0.1, 0.15) is 65.7 Å². The highest BCUT2D eigenvalue weighted by Crippen LogP contribution is 2.30. The topological polar surface area (TPSA) is 84.6 Å². The van der Waals surface area contributed by atoms with E-state index in [0.717, 1.165) is 18.9 Å². The van der Waals surface area contributed by atoms with Gasteiger partial charge in [-0.3, -0.25) is 14.4 Å². The Morgan fingerprint density at radius 1 is 1.19 bits per heavy atom. The Hall–Kier alpha value is -3.47. The van der Waals surface area contributed by atoms with E-state index in [4.69, 9.17) is 6.57 Å². The fraction of sp³-hybridized carbons (Fsp3) is 0.391. The summed E-state index contributed by atoms with van der Waals surface area (Å²) in [5.41, 5.74) is 1.25. The molecule has 0 fully saturated rings. The first-order chi connectivity index (χ1) is 14.5. The first kappa shape index (κ1) is 22.2. The maximum atomic E-state index is 13.6. The van der Waals surface area contributed by atoms with E-state index in [1.54, 1.807) is 32.3 Å². The molecule has 0 aliphatic carbocycles. The summed E-state index contributed by atoms with van der Waals surface area (Å²) in [6, 6.07) is 3.76. The van der Waals surface area contributed by atoms with Gasteiger partial charge in [0.05, 0.1) is 17.8 Å². The van der Waals surface area contributed by atoms with Crippen LogP contribution >= 0.6 is 0 Å². The number of aromatic nitrogens is 1. The van der Waals surface area contributed by atoms with Crippen LogP contribution in [0.2, 0.25) is 0 Å². The van der Waals surface area contributed by atoms with E-state index in [9.17, 15) is 18.8 Å². The first-order valence-corrected chi connectivity index (χ1v) is 10.1. The summed E-state index contributed by atoms with van der Waals surface area (Å²) >= 11 is 0. The van der Waals surface area contributed by atoms with Crippen LogP contribution < -0.4 is 10.6 Å². The minimum Gasteiger partial charge on any atom is -0.345 e. The molecule has 1 aromatic carbocycles. The average molecular weight is 424 g/mol. The number of nitrogens with one attached hydrogen (secondary N) is 2. The van der Waals surface area contributed by atoms with Crippen molar-refractivity contribution in [2.24, 2.45) is 0 Å². The normalized spacial score (nSPS) is 13.2. The Bertz CT molecular complexity index is 1120.